The maximum Gasteiger partial charge on any atom is 0.416 e. The Bertz CT molecular complexity index is 839. The summed E-state index contributed by atoms with van der Waals surface area (Å²) in [6.07, 6.45) is -2.61. The molecule has 1 aliphatic heterocycles. The van der Waals surface area contributed by atoms with Gasteiger partial charge in [-0.3, -0.25) is 0 Å². The summed E-state index contributed by atoms with van der Waals surface area (Å²) < 4.78 is 49.7. The predicted octanol–water partition coefficient (Wildman–Crippen LogP) is 3.84. The fourth-order valence-electron chi connectivity index (χ4n) is 3.65. The molecule has 2 aromatic carbocycles. The second-order valence-electron chi connectivity index (χ2n) is 7.76. The summed E-state index contributed by atoms with van der Waals surface area (Å²) >= 11 is 0. The predicted molar refractivity (Wildman–Crippen MR) is 112 cm³/mol. The van der Waals surface area contributed by atoms with Crippen molar-refractivity contribution in [1.82, 2.24) is 10.2 Å². The normalized spacial score (nSPS) is 15.8. The SMILES string of the molecule is COc1ccc(CNCc2cccc(C(F)(F)F)c2)cc1OCC(O)CN1CCCC1. The van der Waals surface area contributed by atoms with Crippen LogP contribution >= 0.6 is 0 Å². The van der Waals surface area contributed by atoms with E-state index in [1.807, 2.05) is 12.1 Å². The molecule has 1 heterocycles. The molecular weight excluding hydrogens is 409 g/mol. The lowest BCUT2D eigenvalue weighted by Gasteiger charge is -2.20. The molecule has 0 aliphatic carbocycles. The van der Waals surface area contributed by atoms with Crippen molar-refractivity contribution in [1.29, 1.82) is 0 Å². The number of β-amino-alcohol motifs (C(OH)–C–C–N with tert-alkyl or cyclic N) is 1. The van der Waals surface area contributed by atoms with Crippen LogP contribution in [0.4, 0.5) is 13.2 Å². The molecule has 0 saturated carbocycles. The smallest absolute Gasteiger partial charge is 0.416 e. The van der Waals surface area contributed by atoms with Gasteiger partial charge < -0.3 is 24.8 Å². The Morgan fingerprint density at radius 1 is 1.03 bits per heavy atom. The second-order valence-corrected chi connectivity index (χ2v) is 7.76. The van der Waals surface area contributed by atoms with Gasteiger partial charge in [-0.05, 0) is 55.3 Å². The number of benzene rings is 2. The van der Waals surface area contributed by atoms with E-state index in [1.54, 1.807) is 19.2 Å². The number of nitrogens with zero attached hydrogens (tertiary/aromatic N) is 1. The summed E-state index contributed by atoms with van der Waals surface area (Å²) in [5, 5.41) is 13.4. The quantitative estimate of drug-likeness (QED) is 0.591. The minimum Gasteiger partial charge on any atom is -0.493 e. The van der Waals surface area contributed by atoms with Crippen LogP contribution in [0, 0.1) is 0 Å². The van der Waals surface area contributed by atoms with Gasteiger partial charge in [0.1, 0.15) is 12.7 Å². The van der Waals surface area contributed by atoms with Crippen molar-refractivity contribution in [3.8, 4) is 11.5 Å². The van der Waals surface area contributed by atoms with Crippen molar-refractivity contribution in [2.75, 3.05) is 33.4 Å². The summed E-state index contributed by atoms with van der Waals surface area (Å²) in [6.45, 7) is 3.52. The van der Waals surface area contributed by atoms with Crippen LogP contribution in [0.5, 0.6) is 11.5 Å². The first kappa shape index (κ1) is 23.4. The monoisotopic (exact) mass is 438 g/mol. The number of rotatable bonds is 10. The van der Waals surface area contributed by atoms with Crippen LogP contribution in [0.1, 0.15) is 29.5 Å². The Labute approximate surface area is 180 Å². The number of aliphatic hydroxyl groups excluding tert-OH is 1. The summed E-state index contributed by atoms with van der Waals surface area (Å²) in [6, 6.07) is 10.8. The fourth-order valence-corrected chi connectivity index (χ4v) is 3.65. The van der Waals surface area contributed by atoms with Crippen LogP contribution in [-0.4, -0.2) is 49.5 Å². The van der Waals surface area contributed by atoms with E-state index >= 15 is 0 Å². The molecule has 2 aromatic rings. The van der Waals surface area contributed by atoms with Crippen molar-refractivity contribution >= 4 is 0 Å². The Morgan fingerprint density at radius 3 is 2.42 bits per heavy atom. The maximum absolute atomic E-state index is 12.8. The van der Waals surface area contributed by atoms with Crippen molar-refractivity contribution in [3.63, 3.8) is 0 Å². The van der Waals surface area contributed by atoms with Crippen LogP contribution in [0.2, 0.25) is 0 Å². The van der Waals surface area contributed by atoms with Crippen LogP contribution in [0.25, 0.3) is 0 Å². The number of halogens is 3. The van der Waals surface area contributed by atoms with Gasteiger partial charge in [0.15, 0.2) is 11.5 Å². The van der Waals surface area contributed by atoms with Gasteiger partial charge in [0, 0.05) is 19.6 Å². The third-order valence-electron chi connectivity index (χ3n) is 5.24. The van der Waals surface area contributed by atoms with E-state index in [9.17, 15) is 18.3 Å². The second kappa shape index (κ2) is 10.8. The van der Waals surface area contributed by atoms with Gasteiger partial charge in [-0.1, -0.05) is 24.3 Å². The highest BCUT2D eigenvalue weighted by Gasteiger charge is 2.30. The average molecular weight is 438 g/mol. The number of likely N-dealkylation sites (tertiary alicyclic amines) is 1. The molecule has 0 radical (unpaired) electrons. The number of hydrogen-bond donors (Lipinski definition) is 2. The Balaban J connectivity index is 1.53. The van der Waals surface area contributed by atoms with Gasteiger partial charge >= 0.3 is 6.18 Å². The van der Waals surface area contributed by atoms with Crippen LogP contribution in [-0.2, 0) is 19.3 Å². The number of ether oxygens (including phenoxy) is 2. The molecule has 8 heteroatoms. The molecular formula is C23H29F3N2O3. The zero-order valence-electron chi connectivity index (χ0n) is 17.6. The molecule has 0 bridgehead atoms. The zero-order chi connectivity index (χ0) is 22.3. The lowest BCUT2D eigenvalue weighted by atomic mass is 10.1. The number of alkyl halides is 3. The van der Waals surface area contributed by atoms with Gasteiger partial charge in [0.2, 0.25) is 0 Å². The molecule has 3 rings (SSSR count). The van der Waals surface area contributed by atoms with Crippen molar-refractivity contribution < 1.29 is 27.8 Å². The Kier molecular flexibility index (Phi) is 8.17. The highest BCUT2D eigenvalue weighted by Crippen LogP contribution is 2.30. The van der Waals surface area contributed by atoms with Gasteiger partial charge in [0.25, 0.3) is 0 Å². The minimum absolute atomic E-state index is 0.161. The molecule has 1 fully saturated rings. The third kappa shape index (κ3) is 7.12. The molecule has 0 spiro atoms. The fraction of sp³-hybridized carbons (Fsp3) is 0.478. The molecule has 31 heavy (non-hydrogen) atoms. The van der Waals surface area contributed by atoms with Gasteiger partial charge in [0.05, 0.1) is 12.7 Å². The molecule has 1 aliphatic rings. The summed E-state index contributed by atoms with van der Waals surface area (Å²) in [4.78, 5) is 2.22. The first-order valence-electron chi connectivity index (χ1n) is 10.4. The summed E-state index contributed by atoms with van der Waals surface area (Å²) in [5.74, 6) is 1.09. The standard InChI is InChI=1S/C23H29F3N2O3/c1-30-21-8-7-18(12-22(21)31-16-20(29)15-28-9-2-3-10-28)14-27-13-17-5-4-6-19(11-17)23(24,25)26/h4-8,11-12,20,27,29H,2-3,9-10,13-16H2,1H3. The topological polar surface area (TPSA) is 54.0 Å². The Hall–Kier alpha value is -2.29. The van der Waals surface area contributed by atoms with E-state index in [0.29, 0.717) is 36.7 Å². The largest absolute Gasteiger partial charge is 0.493 e. The van der Waals surface area contributed by atoms with E-state index in [-0.39, 0.29) is 6.61 Å². The van der Waals surface area contributed by atoms with Gasteiger partial charge in [-0.25, -0.2) is 0 Å². The minimum atomic E-state index is -4.35. The van der Waals surface area contributed by atoms with Gasteiger partial charge in [-0.15, -0.1) is 0 Å². The number of methoxy groups -OCH3 is 1. The summed E-state index contributed by atoms with van der Waals surface area (Å²) in [5.41, 5.74) is 0.807. The zero-order valence-corrected chi connectivity index (χ0v) is 17.6. The average Bonchev–Trinajstić information content (AvgIpc) is 3.25. The molecule has 0 aromatic heterocycles. The van der Waals surface area contributed by atoms with Crippen molar-refractivity contribution in [2.24, 2.45) is 0 Å². The van der Waals surface area contributed by atoms with Crippen LogP contribution in [0.3, 0.4) is 0 Å². The molecule has 2 N–H and O–H groups in total. The number of hydrogen-bond acceptors (Lipinski definition) is 5. The van der Waals surface area contributed by atoms with Crippen molar-refractivity contribution in [2.45, 2.75) is 38.2 Å². The van der Waals surface area contributed by atoms with E-state index < -0.39 is 17.8 Å². The lowest BCUT2D eigenvalue weighted by molar-refractivity contribution is -0.137. The highest BCUT2D eigenvalue weighted by atomic mass is 19.4. The molecule has 1 saturated heterocycles. The van der Waals surface area contributed by atoms with E-state index in [2.05, 4.69) is 10.2 Å². The van der Waals surface area contributed by atoms with Crippen LogP contribution in [0.15, 0.2) is 42.5 Å². The van der Waals surface area contributed by atoms with Gasteiger partial charge in [-0.2, -0.15) is 13.2 Å². The number of nitrogens with one attached hydrogen (secondary N) is 1. The molecule has 1 atom stereocenters. The highest BCUT2D eigenvalue weighted by molar-refractivity contribution is 5.43. The summed E-state index contributed by atoms with van der Waals surface area (Å²) in [7, 11) is 1.55. The van der Waals surface area contributed by atoms with Crippen LogP contribution < -0.4 is 14.8 Å². The first-order chi connectivity index (χ1) is 14.8. The molecule has 170 valence electrons. The molecule has 1 unspecified atom stereocenters. The van der Waals surface area contributed by atoms with Crippen molar-refractivity contribution in [3.05, 3.63) is 59.2 Å². The third-order valence-corrected chi connectivity index (χ3v) is 5.24. The Morgan fingerprint density at radius 2 is 1.74 bits per heavy atom. The first-order valence-corrected chi connectivity index (χ1v) is 10.4. The van der Waals surface area contributed by atoms with E-state index in [4.69, 9.17) is 9.47 Å². The molecule has 5 nitrogen and oxygen atoms in total. The van der Waals surface area contributed by atoms with E-state index in [1.165, 1.54) is 6.07 Å². The lowest BCUT2D eigenvalue weighted by Crippen LogP contribution is -2.33. The number of aliphatic hydroxyl groups is 1. The molecule has 0 amide bonds. The van der Waals surface area contributed by atoms with E-state index in [0.717, 1.165) is 43.6 Å². The maximum atomic E-state index is 12.8.